The van der Waals surface area contributed by atoms with E-state index in [0.717, 1.165) is 17.7 Å². The third-order valence-electron chi connectivity index (χ3n) is 3.02. The Kier molecular flexibility index (Phi) is 5.17. The van der Waals surface area contributed by atoms with E-state index in [0.29, 0.717) is 12.5 Å². The van der Waals surface area contributed by atoms with Gasteiger partial charge in [0, 0.05) is 5.69 Å². The van der Waals surface area contributed by atoms with Crippen molar-refractivity contribution in [2.45, 2.75) is 19.9 Å². The van der Waals surface area contributed by atoms with E-state index in [-0.39, 0.29) is 5.02 Å². The molecule has 2 aromatic carbocycles. The summed E-state index contributed by atoms with van der Waals surface area (Å²) < 4.78 is 13.1. The second kappa shape index (κ2) is 7.09. The molecule has 2 rings (SSSR count). The standard InChI is InChI=1S/C16H17ClFN3/c1-2-11-4-3-5-13(8-11)21-16(19)20-10-12-6-7-15(18)14(17)9-12/h3-9H,2,10H2,1H3,(H3,19,20,21). The van der Waals surface area contributed by atoms with Crippen LogP contribution < -0.4 is 11.1 Å². The van der Waals surface area contributed by atoms with E-state index >= 15 is 0 Å². The van der Waals surface area contributed by atoms with Gasteiger partial charge in [-0.2, -0.15) is 0 Å². The number of anilines is 1. The lowest BCUT2D eigenvalue weighted by Crippen LogP contribution is -2.22. The average molecular weight is 306 g/mol. The second-order valence-corrected chi connectivity index (χ2v) is 5.04. The monoisotopic (exact) mass is 305 g/mol. The molecular formula is C16H17ClFN3. The first kappa shape index (κ1) is 15.3. The maximum absolute atomic E-state index is 13.1. The summed E-state index contributed by atoms with van der Waals surface area (Å²) in [7, 11) is 0. The van der Waals surface area contributed by atoms with E-state index in [1.54, 1.807) is 12.1 Å². The number of hydrogen-bond acceptors (Lipinski definition) is 1. The minimum atomic E-state index is -0.438. The van der Waals surface area contributed by atoms with Gasteiger partial charge in [0.05, 0.1) is 11.6 Å². The number of aliphatic imine (C=N–C) groups is 1. The first-order valence-electron chi connectivity index (χ1n) is 6.68. The molecule has 0 saturated heterocycles. The summed E-state index contributed by atoms with van der Waals surface area (Å²) in [5, 5.41) is 3.12. The van der Waals surface area contributed by atoms with Crippen molar-refractivity contribution in [3.05, 3.63) is 64.4 Å². The molecule has 0 unspecified atom stereocenters. The molecule has 3 N–H and O–H groups in total. The Morgan fingerprint density at radius 1 is 1.24 bits per heavy atom. The summed E-state index contributed by atoms with van der Waals surface area (Å²) in [6.07, 6.45) is 0.959. The third kappa shape index (κ3) is 4.46. The zero-order chi connectivity index (χ0) is 15.2. The Morgan fingerprint density at radius 2 is 2.05 bits per heavy atom. The number of benzene rings is 2. The molecule has 0 spiro atoms. The topological polar surface area (TPSA) is 50.4 Å². The van der Waals surface area contributed by atoms with E-state index in [4.69, 9.17) is 17.3 Å². The molecule has 0 aromatic heterocycles. The zero-order valence-electron chi connectivity index (χ0n) is 11.7. The van der Waals surface area contributed by atoms with Crippen molar-refractivity contribution >= 4 is 23.2 Å². The summed E-state index contributed by atoms with van der Waals surface area (Å²) in [5.74, 6) is -0.129. The van der Waals surface area contributed by atoms with Crippen molar-refractivity contribution in [2.75, 3.05) is 5.32 Å². The molecule has 0 amide bonds. The molecule has 0 heterocycles. The number of hydrogen-bond donors (Lipinski definition) is 2. The highest BCUT2D eigenvalue weighted by atomic mass is 35.5. The highest BCUT2D eigenvalue weighted by Gasteiger charge is 2.01. The van der Waals surface area contributed by atoms with Gasteiger partial charge in [0.15, 0.2) is 5.96 Å². The fraction of sp³-hybridized carbons (Fsp3) is 0.188. The molecule has 21 heavy (non-hydrogen) atoms. The van der Waals surface area contributed by atoms with E-state index in [1.807, 2.05) is 18.2 Å². The predicted octanol–water partition coefficient (Wildman–Crippen LogP) is 3.97. The predicted molar refractivity (Wildman–Crippen MR) is 86.2 cm³/mol. The quantitative estimate of drug-likeness (QED) is 0.663. The summed E-state index contributed by atoms with van der Waals surface area (Å²) in [4.78, 5) is 4.22. The molecule has 0 aliphatic carbocycles. The van der Waals surface area contributed by atoms with E-state index < -0.39 is 5.82 Å². The molecule has 0 atom stereocenters. The van der Waals surface area contributed by atoms with Gasteiger partial charge in [-0.3, -0.25) is 0 Å². The van der Waals surface area contributed by atoms with Gasteiger partial charge in [-0.15, -0.1) is 0 Å². The molecule has 0 fully saturated rings. The number of nitrogens with one attached hydrogen (secondary N) is 1. The second-order valence-electron chi connectivity index (χ2n) is 4.63. The molecule has 0 aliphatic rings. The first-order chi connectivity index (χ1) is 10.1. The number of rotatable bonds is 4. The molecule has 0 aliphatic heterocycles. The van der Waals surface area contributed by atoms with Crippen molar-refractivity contribution < 1.29 is 4.39 Å². The van der Waals surface area contributed by atoms with Crippen molar-refractivity contribution in [3.63, 3.8) is 0 Å². The normalized spacial score (nSPS) is 11.5. The van der Waals surface area contributed by atoms with Gasteiger partial charge >= 0.3 is 0 Å². The molecule has 3 nitrogen and oxygen atoms in total. The van der Waals surface area contributed by atoms with Crippen molar-refractivity contribution in [2.24, 2.45) is 10.7 Å². The number of nitrogens with zero attached hydrogens (tertiary/aromatic N) is 1. The summed E-state index contributed by atoms with van der Waals surface area (Å²) in [5.41, 5.74) is 8.76. The van der Waals surface area contributed by atoms with Gasteiger partial charge in [-0.1, -0.05) is 36.7 Å². The van der Waals surface area contributed by atoms with Crippen LogP contribution in [-0.4, -0.2) is 5.96 Å². The van der Waals surface area contributed by atoms with Gasteiger partial charge in [0.2, 0.25) is 0 Å². The first-order valence-corrected chi connectivity index (χ1v) is 7.06. The largest absolute Gasteiger partial charge is 0.370 e. The fourth-order valence-electron chi connectivity index (χ4n) is 1.87. The number of aryl methyl sites for hydroxylation is 1. The Balaban J connectivity index is 2.01. The van der Waals surface area contributed by atoms with Gasteiger partial charge in [0.25, 0.3) is 0 Å². The summed E-state index contributed by atoms with van der Waals surface area (Å²) in [6, 6.07) is 12.5. The summed E-state index contributed by atoms with van der Waals surface area (Å²) in [6.45, 7) is 2.43. The van der Waals surface area contributed by atoms with Crippen LogP contribution in [0.2, 0.25) is 5.02 Å². The molecule has 110 valence electrons. The van der Waals surface area contributed by atoms with Crippen LogP contribution in [0.4, 0.5) is 10.1 Å². The Labute approximate surface area is 128 Å². The van der Waals surface area contributed by atoms with Crippen molar-refractivity contribution in [1.29, 1.82) is 0 Å². The Morgan fingerprint density at radius 3 is 2.76 bits per heavy atom. The van der Waals surface area contributed by atoms with Crippen molar-refractivity contribution in [1.82, 2.24) is 0 Å². The van der Waals surface area contributed by atoms with Crippen LogP contribution in [0, 0.1) is 5.82 Å². The molecule has 0 radical (unpaired) electrons. The van der Waals surface area contributed by atoms with E-state index in [1.165, 1.54) is 11.6 Å². The number of nitrogens with two attached hydrogens (primary N) is 1. The highest BCUT2D eigenvalue weighted by Crippen LogP contribution is 2.16. The van der Waals surface area contributed by atoms with Crippen LogP contribution in [0.1, 0.15) is 18.1 Å². The molecule has 5 heteroatoms. The molecule has 0 saturated carbocycles. The lowest BCUT2D eigenvalue weighted by atomic mass is 10.1. The Bertz CT molecular complexity index is 656. The SMILES string of the molecule is CCc1cccc(NC(N)=NCc2ccc(F)c(Cl)c2)c1. The highest BCUT2D eigenvalue weighted by molar-refractivity contribution is 6.30. The van der Waals surface area contributed by atoms with Crippen molar-refractivity contribution in [3.8, 4) is 0 Å². The van der Waals surface area contributed by atoms with Gasteiger partial charge in [-0.25, -0.2) is 9.38 Å². The smallest absolute Gasteiger partial charge is 0.193 e. The molecular weight excluding hydrogens is 289 g/mol. The van der Waals surface area contributed by atoms with Crippen LogP contribution in [-0.2, 0) is 13.0 Å². The van der Waals surface area contributed by atoms with Crippen LogP contribution in [0.3, 0.4) is 0 Å². The minimum Gasteiger partial charge on any atom is -0.370 e. The van der Waals surface area contributed by atoms with Gasteiger partial charge < -0.3 is 11.1 Å². The average Bonchev–Trinajstić information content (AvgIpc) is 2.48. The lowest BCUT2D eigenvalue weighted by Gasteiger charge is -2.07. The third-order valence-corrected chi connectivity index (χ3v) is 3.31. The summed E-state index contributed by atoms with van der Waals surface area (Å²) >= 11 is 5.72. The molecule has 0 bridgehead atoms. The van der Waals surface area contributed by atoms with Gasteiger partial charge in [-0.05, 0) is 41.8 Å². The number of guanidine groups is 1. The Hall–Kier alpha value is -2.07. The van der Waals surface area contributed by atoms with Crippen LogP contribution in [0.5, 0.6) is 0 Å². The minimum absolute atomic E-state index is 0.0878. The van der Waals surface area contributed by atoms with E-state index in [9.17, 15) is 4.39 Å². The van der Waals surface area contributed by atoms with Gasteiger partial charge in [0.1, 0.15) is 5.82 Å². The zero-order valence-corrected chi connectivity index (χ0v) is 12.5. The maximum Gasteiger partial charge on any atom is 0.193 e. The van der Waals surface area contributed by atoms with Crippen LogP contribution in [0.15, 0.2) is 47.5 Å². The van der Waals surface area contributed by atoms with Crippen LogP contribution >= 0.6 is 11.6 Å². The lowest BCUT2D eigenvalue weighted by molar-refractivity contribution is 0.627. The number of halogens is 2. The van der Waals surface area contributed by atoms with E-state index in [2.05, 4.69) is 23.3 Å². The molecule has 2 aromatic rings. The maximum atomic E-state index is 13.1. The fourth-order valence-corrected chi connectivity index (χ4v) is 2.07. The van der Waals surface area contributed by atoms with Crippen LogP contribution in [0.25, 0.3) is 0 Å².